The fourth-order valence-corrected chi connectivity index (χ4v) is 14.0. The van der Waals surface area contributed by atoms with E-state index in [-0.39, 0.29) is 5.56 Å². The Labute approximate surface area is 466 Å². The maximum Gasteiger partial charge on any atom is 0.417 e. The van der Waals surface area contributed by atoms with Crippen LogP contribution in [0.2, 0.25) is 0 Å². The minimum atomic E-state index is -4.75. The molecule has 0 radical (unpaired) electrons. The molecule has 0 aliphatic carbocycles. The van der Waals surface area contributed by atoms with Gasteiger partial charge in [-0.2, -0.15) is 18.4 Å². The molecule has 10 aromatic carbocycles. The number of aromatic nitrogens is 2. The van der Waals surface area contributed by atoms with Crippen LogP contribution in [0, 0.1) is 94.4 Å². The summed E-state index contributed by atoms with van der Waals surface area (Å²) >= 11 is 0. The van der Waals surface area contributed by atoms with Crippen molar-refractivity contribution in [2.45, 2.75) is 89.3 Å². The van der Waals surface area contributed by atoms with Gasteiger partial charge in [0.15, 0.2) is 0 Å². The van der Waals surface area contributed by atoms with Crippen LogP contribution in [-0.4, -0.2) is 9.13 Å². The van der Waals surface area contributed by atoms with E-state index < -0.39 is 11.7 Å². The summed E-state index contributed by atoms with van der Waals surface area (Å²) in [5, 5.41) is 15.2. The van der Waals surface area contributed by atoms with E-state index in [4.69, 9.17) is 0 Å². The highest BCUT2D eigenvalue weighted by atomic mass is 19.4. The van der Waals surface area contributed by atoms with E-state index in [0.29, 0.717) is 22.5 Å². The van der Waals surface area contributed by atoms with Crippen molar-refractivity contribution < 1.29 is 13.2 Å². The van der Waals surface area contributed by atoms with Crippen LogP contribution < -0.4 is 0 Å². The predicted octanol–water partition coefficient (Wildman–Crippen LogP) is 20.8. The van der Waals surface area contributed by atoms with Gasteiger partial charge in [-0.1, -0.05) is 138 Å². The summed E-state index contributed by atoms with van der Waals surface area (Å²) in [5.41, 5.74) is 26.1. The van der Waals surface area contributed by atoms with E-state index >= 15 is 13.2 Å². The lowest BCUT2D eigenvalue weighted by Gasteiger charge is -2.23. The summed E-state index contributed by atoms with van der Waals surface area (Å²) in [6.07, 6.45) is -4.75. The van der Waals surface area contributed by atoms with Crippen LogP contribution in [0.15, 0.2) is 158 Å². The van der Waals surface area contributed by atoms with E-state index in [9.17, 15) is 5.26 Å². The topological polar surface area (TPSA) is 33.6 Å². The largest absolute Gasteiger partial charge is 0.417 e. The van der Waals surface area contributed by atoms with Crippen molar-refractivity contribution in [1.29, 1.82) is 5.26 Å². The van der Waals surface area contributed by atoms with Gasteiger partial charge in [-0.15, -0.1) is 0 Å². The van der Waals surface area contributed by atoms with Gasteiger partial charge in [0.1, 0.15) is 0 Å². The van der Waals surface area contributed by atoms with Crippen LogP contribution in [0.3, 0.4) is 0 Å². The lowest BCUT2D eigenvalue weighted by molar-refractivity contribution is -0.137. The molecular formula is C74H62F3N3. The Morgan fingerprint density at radius 1 is 0.338 bits per heavy atom. The Hall–Kier alpha value is -8.92. The molecule has 12 aromatic rings. The normalized spacial score (nSPS) is 11.9. The lowest BCUT2D eigenvalue weighted by atomic mass is 9.92. The molecule has 6 heteroatoms. The number of hydrogen-bond acceptors (Lipinski definition) is 1. The van der Waals surface area contributed by atoms with Crippen LogP contribution in [-0.2, 0) is 6.18 Å². The maximum absolute atomic E-state index is 16.2. The molecule has 0 unspecified atom stereocenters. The van der Waals surface area contributed by atoms with Gasteiger partial charge in [-0.25, -0.2) is 0 Å². The zero-order chi connectivity index (χ0) is 56.4. The molecule has 0 spiro atoms. The van der Waals surface area contributed by atoms with Crippen LogP contribution in [0.1, 0.15) is 77.9 Å². The molecule has 2 heterocycles. The third-order valence-electron chi connectivity index (χ3n) is 16.6. The maximum atomic E-state index is 16.2. The average Bonchev–Trinajstić information content (AvgIpc) is 4.07. The number of aryl methyl sites for hydroxylation is 12. The SMILES string of the molecule is Cc1cc(C)c(-c2ccc3c4ccc(-c5c(C)cc(C)cc5C)cc4n(-c4cc(C#N)cc(-n5c6cc(-c7c(C)cc(C)cc7C)ccc6c6ccc(-c7c(C)cc(C)cc7C)cc65)c4-c4ccccc4C(F)(F)F)c3c2)c(C)c1. The van der Waals surface area contributed by atoms with Crippen molar-refractivity contribution in [2.75, 3.05) is 0 Å². The molecule has 12 rings (SSSR count). The average molecular weight is 1050 g/mol. The van der Waals surface area contributed by atoms with Crippen molar-refractivity contribution in [2.24, 2.45) is 0 Å². The second-order valence-electron chi connectivity index (χ2n) is 22.7. The number of alkyl halides is 3. The number of nitrogens with zero attached hydrogens (tertiary/aromatic N) is 3. The number of benzene rings is 10. The number of fused-ring (bicyclic) bond motifs is 6. The molecule has 0 aliphatic rings. The third-order valence-corrected chi connectivity index (χ3v) is 16.6. The smallest absolute Gasteiger partial charge is 0.308 e. The molecule has 0 fully saturated rings. The Morgan fingerprint density at radius 2 is 0.613 bits per heavy atom. The minimum Gasteiger partial charge on any atom is -0.308 e. The number of rotatable bonds is 7. The number of hydrogen-bond donors (Lipinski definition) is 0. The predicted molar refractivity (Wildman–Crippen MR) is 329 cm³/mol. The van der Waals surface area contributed by atoms with Crippen LogP contribution >= 0.6 is 0 Å². The van der Waals surface area contributed by atoms with E-state index in [1.54, 1.807) is 24.3 Å². The highest BCUT2D eigenvalue weighted by molar-refractivity contribution is 6.14. The molecule has 0 bridgehead atoms. The number of halogens is 3. The van der Waals surface area contributed by atoms with Crippen LogP contribution in [0.4, 0.5) is 13.2 Å². The Morgan fingerprint density at radius 3 is 0.875 bits per heavy atom. The molecule has 0 saturated heterocycles. The highest BCUT2D eigenvalue weighted by Gasteiger charge is 2.36. The van der Waals surface area contributed by atoms with Crippen molar-refractivity contribution in [3.05, 3.63) is 236 Å². The molecule has 0 aliphatic heterocycles. The van der Waals surface area contributed by atoms with Crippen LogP contribution in [0.5, 0.6) is 0 Å². The lowest BCUT2D eigenvalue weighted by Crippen LogP contribution is -2.11. The second-order valence-corrected chi connectivity index (χ2v) is 22.7. The van der Waals surface area contributed by atoms with E-state index in [1.807, 2.05) is 0 Å². The Kier molecular flexibility index (Phi) is 12.4. The van der Waals surface area contributed by atoms with Crippen molar-refractivity contribution in [3.63, 3.8) is 0 Å². The summed E-state index contributed by atoms with van der Waals surface area (Å²) < 4.78 is 52.7. The van der Waals surface area contributed by atoms with Gasteiger partial charge in [0, 0.05) is 27.1 Å². The minimum absolute atomic E-state index is 0.00463. The molecule has 2 aromatic heterocycles. The summed E-state index contributed by atoms with van der Waals surface area (Å²) in [6.45, 7) is 25.5. The van der Waals surface area contributed by atoms with Gasteiger partial charge >= 0.3 is 6.18 Å². The summed E-state index contributed by atoms with van der Waals surface area (Å²) in [6, 6.07) is 55.7. The zero-order valence-corrected chi connectivity index (χ0v) is 47.5. The van der Waals surface area contributed by atoms with Crippen molar-refractivity contribution >= 4 is 43.6 Å². The second kappa shape index (κ2) is 19.2. The van der Waals surface area contributed by atoms with Gasteiger partial charge in [-0.3, -0.25) is 0 Å². The highest BCUT2D eigenvalue weighted by Crippen LogP contribution is 2.49. The third kappa shape index (κ3) is 8.50. The van der Waals surface area contributed by atoms with Crippen molar-refractivity contribution in [3.8, 4) is 73.1 Å². The Bertz CT molecular complexity index is 4080. The molecule has 0 atom stereocenters. The quantitative estimate of drug-likeness (QED) is 0.157. The van der Waals surface area contributed by atoms with Crippen LogP contribution in [0.25, 0.3) is 111 Å². The summed E-state index contributed by atoms with van der Waals surface area (Å²) in [5.74, 6) is 0. The first-order chi connectivity index (χ1) is 38.2. The first kappa shape index (κ1) is 51.8. The molecule has 394 valence electrons. The molecule has 0 amide bonds. The monoisotopic (exact) mass is 1050 g/mol. The van der Waals surface area contributed by atoms with Crippen molar-refractivity contribution in [1.82, 2.24) is 9.13 Å². The van der Waals surface area contributed by atoms with Gasteiger partial charge in [0.25, 0.3) is 0 Å². The fourth-order valence-electron chi connectivity index (χ4n) is 14.0. The first-order valence-corrected chi connectivity index (χ1v) is 27.4. The van der Waals surface area contributed by atoms with Gasteiger partial charge in [0.05, 0.1) is 50.6 Å². The summed E-state index contributed by atoms with van der Waals surface area (Å²) in [7, 11) is 0. The van der Waals surface area contributed by atoms with E-state index in [0.717, 1.165) is 133 Å². The van der Waals surface area contributed by atoms with Gasteiger partial charge in [0.2, 0.25) is 0 Å². The molecule has 0 N–H and O–H groups in total. The molecule has 0 saturated carbocycles. The first-order valence-electron chi connectivity index (χ1n) is 27.4. The molecule has 3 nitrogen and oxygen atoms in total. The fraction of sp³-hybridized carbons (Fsp3) is 0.176. The Balaban J connectivity index is 1.30. The van der Waals surface area contributed by atoms with E-state index in [1.165, 1.54) is 34.4 Å². The van der Waals surface area contributed by atoms with Gasteiger partial charge < -0.3 is 9.13 Å². The van der Waals surface area contributed by atoms with Gasteiger partial charge in [-0.05, 0) is 220 Å². The van der Waals surface area contributed by atoms with E-state index in [2.05, 4.69) is 220 Å². The summed E-state index contributed by atoms with van der Waals surface area (Å²) in [4.78, 5) is 0. The number of nitriles is 1. The standard InChI is InChI=1S/C74H62F3N3/c1-40-25-44(5)69(45(6)26-40)53-17-21-57-58-22-18-54(70-46(7)27-41(2)28-47(70)8)36-64(58)79(63(57)35-53)67-33-52(39-78)34-68(73(67)61-15-13-14-16-62(61)74(75,76)77)80-65-37-55(71-48(9)29-42(3)30-49(71)10)19-23-59(65)60-24-20-56(38-66(60)80)72-50(11)31-43(4)32-51(72)12/h13-38H,1-12H3. The zero-order valence-electron chi connectivity index (χ0n) is 47.5. The molecular weight excluding hydrogens is 988 g/mol. The molecule has 80 heavy (non-hydrogen) atoms.